The van der Waals surface area contributed by atoms with Gasteiger partial charge in [0.05, 0.1) is 25.3 Å². The lowest BCUT2D eigenvalue weighted by molar-refractivity contribution is -0.134. The molecule has 2 rings (SSSR count). The Morgan fingerprint density at radius 3 is 1.58 bits per heavy atom. The minimum absolute atomic E-state index is 0.0456. The summed E-state index contributed by atoms with van der Waals surface area (Å²) in [6.07, 6.45) is 0. The second-order valence-electron chi connectivity index (χ2n) is 5.56. The van der Waals surface area contributed by atoms with Crippen LogP contribution in [0.3, 0.4) is 0 Å². The van der Waals surface area contributed by atoms with Crippen molar-refractivity contribution in [1.82, 2.24) is 0 Å². The van der Waals surface area contributed by atoms with Crippen molar-refractivity contribution < 1.29 is 34.2 Å². The number of amidine groups is 2. The zero-order chi connectivity index (χ0) is 24.0. The van der Waals surface area contributed by atoms with Crippen molar-refractivity contribution in [3.8, 4) is 0 Å². The lowest BCUT2D eigenvalue weighted by Gasteiger charge is -2.01. The van der Waals surface area contributed by atoms with E-state index in [1.54, 1.807) is 36.4 Å². The molecule has 7 N–H and O–H groups in total. The van der Waals surface area contributed by atoms with Gasteiger partial charge in [-0.05, 0) is 24.3 Å². The number of nitrogen functional groups attached to an aromatic ring is 1. The minimum Gasteiger partial charge on any atom is -0.481 e. The summed E-state index contributed by atoms with van der Waals surface area (Å²) in [5.74, 6) is -1.83. The molecule has 0 fully saturated rings. The van der Waals surface area contributed by atoms with Gasteiger partial charge in [0, 0.05) is 18.1 Å². The molecule has 0 amide bonds. The van der Waals surface area contributed by atoms with Gasteiger partial charge in [-0.3, -0.25) is 10.2 Å². The van der Waals surface area contributed by atoms with Crippen molar-refractivity contribution in [3.63, 3.8) is 0 Å². The first-order chi connectivity index (χ1) is 14.6. The third-order valence-electron chi connectivity index (χ3n) is 3.28. The standard InChI is InChI=1S/C9H10N2O3.C9H10N2O2.C2H4O2/c1-14-9(12)7-4-2-3-6(5-7)8(10)11-13;1-13-9(12)7-4-2-3-6(5-7)8(10)11;1-2(3)4/h2-5,13H,1H3,(H2,10,11);2-5H,1H3,(H3,10,11);1H3,(H,3,4). The number of hydrogen-bond acceptors (Lipinski definition) is 8. The lowest BCUT2D eigenvalue weighted by Crippen LogP contribution is -2.14. The molecule has 0 bridgehead atoms. The molecule has 31 heavy (non-hydrogen) atoms. The Morgan fingerprint density at radius 2 is 1.23 bits per heavy atom. The molecule has 11 nitrogen and oxygen atoms in total. The third kappa shape index (κ3) is 10.1. The molecular formula is C20H24N4O7. The molecule has 0 unspecified atom stereocenters. The number of carboxylic acid groups (broad SMARTS) is 1. The number of nitrogens with one attached hydrogen (secondary N) is 1. The van der Waals surface area contributed by atoms with Crippen LogP contribution < -0.4 is 11.5 Å². The van der Waals surface area contributed by atoms with E-state index in [4.69, 9.17) is 32.0 Å². The van der Waals surface area contributed by atoms with E-state index in [0.717, 1.165) is 6.92 Å². The second-order valence-corrected chi connectivity index (χ2v) is 5.56. The topological polar surface area (TPSA) is 198 Å². The number of nitrogens with two attached hydrogens (primary N) is 2. The maximum absolute atomic E-state index is 11.1. The van der Waals surface area contributed by atoms with E-state index in [1.165, 1.54) is 26.4 Å². The Labute approximate surface area is 178 Å². The molecule has 0 spiro atoms. The molecule has 0 saturated heterocycles. The summed E-state index contributed by atoms with van der Waals surface area (Å²) >= 11 is 0. The minimum atomic E-state index is -0.833. The molecule has 166 valence electrons. The van der Waals surface area contributed by atoms with Gasteiger partial charge in [0.2, 0.25) is 0 Å². The van der Waals surface area contributed by atoms with Crippen molar-refractivity contribution in [2.45, 2.75) is 6.92 Å². The molecule has 2 aromatic carbocycles. The number of carboxylic acids is 1. The first-order valence-electron chi connectivity index (χ1n) is 8.45. The molecule has 0 aliphatic carbocycles. The number of nitrogens with zero attached hydrogens (tertiary/aromatic N) is 1. The van der Waals surface area contributed by atoms with E-state index in [-0.39, 0.29) is 11.7 Å². The van der Waals surface area contributed by atoms with Crippen molar-refractivity contribution in [2.75, 3.05) is 14.2 Å². The summed E-state index contributed by atoms with van der Waals surface area (Å²) in [6, 6.07) is 12.8. The zero-order valence-electron chi connectivity index (χ0n) is 17.2. The average Bonchev–Trinajstić information content (AvgIpc) is 2.77. The number of hydrogen-bond donors (Lipinski definition) is 5. The average molecular weight is 432 g/mol. The number of ether oxygens (including phenoxy) is 2. The molecular weight excluding hydrogens is 408 g/mol. The van der Waals surface area contributed by atoms with E-state index in [2.05, 4.69) is 14.6 Å². The Hall–Kier alpha value is -4.41. The van der Waals surface area contributed by atoms with Crippen LogP contribution in [0.15, 0.2) is 53.7 Å². The van der Waals surface area contributed by atoms with Crippen LogP contribution in [0.2, 0.25) is 0 Å². The summed E-state index contributed by atoms with van der Waals surface area (Å²) in [6.45, 7) is 1.08. The van der Waals surface area contributed by atoms with Crippen molar-refractivity contribution in [1.29, 1.82) is 5.41 Å². The number of aliphatic carboxylic acids is 1. The van der Waals surface area contributed by atoms with Crippen LogP contribution in [0, 0.1) is 5.41 Å². The highest BCUT2D eigenvalue weighted by atomic mass is 16.5. The van der Waals surface area contributed by atoms with E-state index < -0.39 is 17.9 Å². The molecule has 0 radical (unpaired) electrons. The predicted molar refractivity (Wildman–Crippen MR) is 112 cm³/mol. The van der Waals surface area contributed by atoms with Gasteiger partial charge in [0.15, 0.2) is 5.84 Å². The lowest BCUT2D eigenvalue weighted by atomic mass is 10.1. The predicted octanol–water partition coefficient (Wildman–Crippen LogP) is 1.42. The van der Waals surface area contributed by atoms with E-state index >= 15 is 0 Å². The largest absolute Gasteiger partial charge is 0.481 e. The van der Waals surface area contributed by atoms with E-state index in [9.17, 15) is 9.59 Å². The second kappa shape index (κ2) is 13.7. The SMILES string of the molecule is CC(=O)O.COC(=O)c1cccc(/C(N)=N/O)c1.COC(=O)c1cccc(C(=N)N)c1. The smallest absolute Gasteiger partial charge is 0.337 e. The fourth-order valence-electron chi connectivity index (χ4n) is 1.91. The number of benzene rings is 2. The van der Waals surface area contributed by atoms with Crippen LogP contribution >= 0.6 is 0 Å². The molecule has 0 aliphatic rings. The third-order valence-corrected chi connectivity index (χ3v) is 3.28. The monoisotopic (exact) mass is 432 g/mol. The number of methoxy groups -OCH3 is 2. The van der Waals surface area contributed by atoms with Crippen molar-refractivity contribution in [2.24, 2.45) is 16.6 Å². The maximum atomic E-state index is 11.1. The number of rotatable bonds is 4. The van der Waals surface area contributed by atoms with Gasteiger partial charge in [-0.15, -0.1) is 0 Å². The molecule has 0 aromatic heterocycles. The first kappa shape index (κ1) is 26.6. The van der Waals surface area contributed by atoms with Gasteiger partial charge in [-0.2, -0.15) is 0 Å². The van der Waals surface area contributed by atoms with Crippen LogP contribution in [-0.2, 0) is 14.3 Å². The molecule has 0 saturated carbocycles. The Bertz CT molecular complexity index is 954. The number of carbonyl (C=O) groups is 3. The van der Waals surface area contributed by atoms with Crippen LogP contribution in [0.5, 0.6) is 0 Å². The molecule has 2 aromatic rings. The summed E-state index contributed by atoms with van der Waals surface area (Å²) in [7, 11) is 2.60. The Morgan fingerprint density at radius 1 is 0.871 bits per heavy atom. The fraction of sp³-hybridized carbons (Fsp3) is 0.150. The maximum Gasteiger partial charge on any atom is 0.337 e. The molecule has 0 heterocycles. The van der Waals surface area contributed by atoms with Crippen molar-refractivity contribution in [3.05, 3.63) is 70.8 Å². The molecule has 0 aliphatic heterocycles. The van der Waals surface area contributed by atoms with E-state index in [1.807, 2.05) is 0 Å². The van der Waals surface area contributed by atoms with Gasteiger partial charge in [0.1, 0.15) is 5.84 Å². The summed E-state index contributed by atoms with van der Waals surface area (Å²) in [4.78, 5) is 31.2. The molecule has 11 heteroatoms. The zero-order valence-corrected chi connectivity index (χ0v) is 17.2. The highest BCUT2D eigenvalue weighted by Gasteiger charge is 2.07. The Balaban J connectivity index is 0.000000497. The quantitative estimate of drug-likeness (QED) is 0.156. The van der Waals surface area contributed by atoms with Gasteiger partial charge in [-0.25, -0.2) is 9.59 Å². The normalized spacial score (nSPS) is 9.71. The van der Waals surface area contributed by atoms with Crippen LogP contribution in [0.4, 0.5) is 0 Å². The summed E-state index contributed by atoms with van der Waals surface area (Å²) in [5.41, 5.74) is 12.3. The van der Waals surface area contributed by atoms with Gasteiger partial charge < -0.3 is 31.3 Å². The van der Waals surface area contributed by atoms with Gasteiger partial charge in [0.25, 0.3) is 5.97 Å². The summed E-state index contributed by atoms with van der Waals surface area (Å²) < 4.78 is 9.04. The highest BCUT2D eigenvalue weighted by Crippen LogP contribution is 2.06. The highest BCUT2D eigenvalue weighted by molar-refractivity contribution is 6.00. The van der Waals surface area contributed by atoms with Crippen LogP contribution in [0.1, 0.15) is 38.8 Å². The van der Waals surface area contributed by atoms with Crippen LogP contribution in [0.25, 0.3) is 0 Å². The fourth-order valence-corrected chi connectivity index (χ4v) is 1.91. The first-order valence-corrected chi connectivity index (χ1v) is 8.45. The molecule has 0 atom stereocenters. The summed E-state index contributed by atoms with van der Waals surface area (Å²) in [5, 5.41) is 25.8. The van der Waals surface area contributed by atoms with Gasteiger partial charge in [-0.1, -0.05) is 29.4 Å². The Kier molecular flexibility index (Phi) is 11.8. The number of oxime groups is 1. The van der Waals surface area contributed by atoms with Crippen molar-refractivity contribution >= 4 is 29.6 Å². The van der Waals surface area contributed by atoms with E-state index in [0.29, 0.717) is 22.3 Å². The number of esters is 2. The number of carbonyl (C=O) groups excluding carboxylic acids is 2. The van der Waals surface area contributed by atoms with Gasteiger partial charge >= 0.3 is 11.9 Å². The van der Waals surface area contributed by atoms with Crippen LogP contribution in [-0.4, -0.2) is 54.1 Å².